The van der Waals surface area contributed by atoms with E-state index in [1.807, 2.05) is 16.8 Å². The first-order valence-electron chi connectivity index (χ1n) is 6.97. The number of hydrogen-bond donors (Lipinski definition) is 1. The molecule has 1 unspecified atom stereocenters. The van der Waals surface area contributed by atoms with Crippen molar-refractivity contribution in [1.82, 2.24) is 19.9 Å². The Hall–Kier alpha value is -1.62. The second-order valence-corrected chi connectivity index (χ2v) is 5.51. The fourth-order valence-corrected chi connectivity index (χ4v) is 2.68. The maximum atomic E-state index is 4.58. The van der Waals surface area contributed by atoms with Gasteiger partial charge in [-0.15, -0.1) is 5.10 Å². The van der Waals surface area contributed by atoms with Crippen molar-refractivity contribution in [2.75, 3.05) is 31.6 Å². The molecule has 0 amide bonds. The van der Waals surface area contributed by atoms with Crippen LogP contribution in [0.15, 0.2) is 18.3 Å². The van der Waals surface area contributed by atoms with Crippen molar-refractivity contribution in [2.24, 2.45) is 5.92 Å². The van der Waals surface area contributed by atoms with Crippen molar-refractivity contribution in [3.63, 3.8) is 0 Å². The summed E-state index contributed by atoms with van der Waals surface area (Å²) in [5, 5.41) is 8.00. The number of pyridine rings is 1. The molecule has 5 heteroatoms. The zero-order chi connectivity index (χ0) is 13.2. The Balaban J connectivity index is 1.75. The largest absolute Gasteiger partial charge is 0.342 e. The number of nitrogens with zero attached hydrogens (tertiary/aromatic N) is 4. The minimum absolute atomic E-state index is 0.701. The highest BCUT2D eigenvalue weighted by atomic mass is 15.4. The Morgan fingerprint density at radius 3 is 3.16 bits per heavy atom. The second kappa shape index (κ2) is 5.17. The van der Waals surface area contributed by atoms with Gasteiger partial charge in [0, 0.05) is 19.8 Å². The third kappa shape index (κ3) is 2.71. The van der Waals surface area contributed by atoms with Crippen LogP contribution in [0.1, 0.15) is 18.4 Å². The monoisotopic (exact) mass is 259 g/mol. The topological polar surface area (TPSA) is 45.5 Å². The molecule has 1 aliphatic rings. The minimum atomic E-state index is 0.701. The van der Waals surface area contributed by atoms with Gasteiger partial charge in [0.1, 0.15) is 0 Å². The minimum Gasteiger partial charge on any atom is -0.342 e. The quantitative estimate of drug-likeness (QED) is 0.907. The van der Waals surface area contributed by atoms with Crippen LogP contribution in [0.5, 0.6) is 0 Å². The van der Waals surface area contributed by atoms with E-state index in [2.05, 4.69) is 40.3 Å². The number of nitrogens with one attached hydrogen (secondary N) is 1. The Bertz CT molecular complexity index is 556. The number of aromatic nitrogens is 3. The summed E-state index contributed by atoms with van der Waals surface area (Å²) in [6.07, 6.45) is 4.59. The molecule has 0 radical (unpaired) electrons. The summed E-state index contributed by atoms with van der Waals surface area (Å²) in [6, 6.07) is 4.08. The maximum absolute atomic E-state index is 4.58. The molecule has 1 N–H and O–H groups in total. The Labute approximate surface area is 113 Å². The molecule has 0 saturated carbocycles. The molecule has 2 aromatic rings. The van der Waals surface area contributed by atoms with Crippen molar-refractivity contribution in [2.45, 2.75) is 19.8 Å². The summed E-state index contributed by atoms with van der Waals surface area (Å²) in [6.45, 7) is 5.35. The van der Waals surface area contributed by atoms with Crippen LogP contribution in [-0.2, 0) is 0 Å². The van der Waals surface area contributed by atoms with E-state index in [0.29, 0.717) is 5.92 Å². The SMILES string of the molecule is Cc1ccc2nc(N(C)CC3CCCNC3)nn2c1. The van der Waals surface area contributed by atoms with Gasteiger partial charge in [0.05, 0.1) is 0 Å². The van der Waals surface area contributed by atoms with Crippen LogP contribution in [0, 0.1) is 12.8 Å². The number of fused-ring (bicyclic) bond motifs is 1. The zero-order valence-electron chi connectivity index (χ0n) is 11.6. The first-order valence-corrected chi connectivity index (χ1v) is 6.97. The average Bonchev–Trinajstić information content (AvgIpc) is 2.83. The number of rotatable bonds is 3. The summed E-state index contributed by atoms with van der Waals surface area (Å²) in [5.41, 5.74) is 2.11. The number of hydrogen-bond acceptors (Lipinski definition) is 4. The van der Waals surface area contributed by atoms with Crippen molar-refractivity contribution >= 4 is 11.6 Å². The molecule has 19 heavy (non-hydrogen) atoms. The molecule has 0 aromatic carbocycles. The summed E-state index contributed by atoms with van der Waals surface area (Å²) in [7, 11) is 2.08. The number of aryl methyl sites for hydroxylation is 1. The smallest absolute Gasteiger partial charge is 0.245 e. The van der Waals surface area contributed by atoms with Crippen LogP contribution >= 0.6 is 0 Å². The van der Waals surface area contributed by atoms with Gasteiger partial charge < -0.3 is 10.2 Å². The number of anilines is 1. The molecule has 1 aliphatic heterocycles. The van der Waals surface area contributed by atoms with Gasteiger partial charge in [-0.25, -0.2) is 4.52 Å². The van der Waals surface area contributed by atoms with E-state index in [0.717, 1.165) is 31.2 Å². The van der Waals surface area contributed by atoms with E-state index in [1.54, 1.807) is 0 Å². The molecular weight excluding hydrogens is 238 g/mol. The highest BCUT2D eigenvalue weighted by molar-refractivity contribution is 5.45. The van der Waals surface area contributed by atoms with Gasteiger partial charge in [0.15, 0.2) is 5.65 Å². The standard InChI is InChI=1S/C14H21N5/c1-11-5-6-13-16-14(17-19(13)9-11)18(2)10-12-4-3-7-15-8-12/h5-6,9,12,15H,3-4,7-8,10H2,1-2H3. The summed E-state index contributed by atoms with van der Waals surface area (Å²) in [4.78, 5) is 6.74. The molecule has 1 atom stereocenters. The average molecular weight is 259 g/mol. The molecule has 3 heterocycles. The molecule has 1 fully saturated rings. The van der Waals surface area contributed by atoms with E-state index in [-0.39, 0.29) is 0 Å². The van der Waals surface area contributed by atoms with Crippen LogP contribution in [0.2, 0.25) is 0 Å². The maximum Gasteiger partial charge on any atom is 0.245 e. The molecule has 3 rings (SSSR count). The molecule has 0 spiro atoms. The summed E-state index contributed by atoms with van der Waals surface area (Å²) >= 11 is 0. The first kappa shape index (κ1) is 12.4. The van der Waals surface area contributed by atoms with Crippen molar-refractivity contribution in [3.05, 3.63) is 23.9 Å². The Morgan fingerprint density at radius 2 is 2.37 bits per heavy atom. The fourth-order valence-electron chi connectivity index (χ4n) is 2.68. The number of piperidine rings is 1. The highest BCUT2D eigenvalue weighted by Gasteiger charge is 2.17. The molecule has 1 saturated heterocycles. The third-order valence-electron chi connectivity index (χ3n) is 3.74. The fraction of sp³-hybridized carbons (Fsp3) is 0.571. The zero-order valence-corrected chi connectivity index (χ0v) is 11.6. The van der Waals surface area contributed by atoms with E-state index < -0.39 is 0 Å². The van der Waals surface area contributed by atoms with Gasteiger partial charge in [-0.05, 0) is 50.4 Å². The third-order valence-corrected chi connectivity index (χ3v) is 3.74. The normalized spacial score (nSPS) is 19.8. The molecular formula is C14H21N5. The molecule has 5 nitrogen and oxygen atoms in total. The highest BCUT2D eigenvalue weighted by Crippen LogP contribution is 2.15. The van der Waals surface area contributed by atoms with Gasteiger partial charge in [-0.3, -0.25) is 0 Å². The van der Waals surface area contributed by atoms with Gasteiger partial charge >= 0.3 is 0 Å². The molecule has 0 bridgehead atoms. The van der Waals surface area contributed by atoms with Crippen molar-refractivity contribution in [3.8, 4) is 0 Å². The van der Waals surface area contributed by atoms with Gasteiger partial charge in [-0.1, -0.05) is 6.07 Å². The molecule has 2 aromatic heterocycles. The van der Waals surface area contributed by atoms with Crippen molar-refractivity contribution < 1.29 is 0 Å². The van der Waals surface area contributed by atoms with E-state index in [1.165, 1.54) is 18.4 Å². The molecule has 0 aliphatic carbocycles. The van der Waals surface area contributed by atoms with Crippen LogP contribution in [-0.4, -0.2) is 41.3 Å². The lowest BCUT2D eigenvalue weighted by Gasteiger charge is -2.26. The van der Waals surface area contributed by atoms with Crippen LogP contribution < -0.4 is 10.2 Å². The van der Waals surface area contributed by atoms with Crippen molar-refractivity contribution in [1.29, 1.82) is 0 Å². The second-order valence-electron chi connectivity index (χ2n) is 5.51. The lowest BCUT2D eigenvalue weighted by Crippen LogP contribution is -2.37. The molecule has 102 valence electrons. The Morgan fingerprint density at radius 1 is 1.47 bits per heavy atom. The van der Waals surface area contributed by atoms with Gasteiger partial charge in [-0.2, -0.15) is 4.98 Å². The van der Waals surface area contributed by atoms with Crippen LogP contribution in [0.3, 0.4) is 0 Å². The van der Waals surface area contributed by atoms with E-state index in [9.17, 15) is 0 Å². The first-order chi connectivity index (χ1) is 9.22. The van der Waals surface area contributed by atoms with Gasteiger partial charge in [0.25, 0.3) is 0 Å². The lowest BCUT2D eigenvalue weighted by atomic mass is 9.99. The van der Waals surface area contributed by atoms with Crippen LogP contribution in [0.25, 0.3) is 5.65 Å². The van der Waals surface area contributed by atoms with E-state index >= 15 is 0 Å². The Kier molecular flexibility index (Phi) is 3.38. The lowest BCUT2D eigenvalue weighted by molar-refractivity contribution is 0.380. The summed E-state index contributed by atoms with van der Waals surface area (Å²) in [5.74, 6) is 1.52. The predicted molar refractivity (Wildman–Crippen MR) is 76.6 cm³/mol. The van der Waals surface area contributed by atoms with Crippen LogP contribution in [0.4, 0.5) is 5.95 Å². The van der Waals surface area contributed by atoms with Gasteiger partial charge in [0.2, 0.25) is 5.95 Å². The predicted octanol–water partition coefficient (Wildman–Crippen LogP) is 1.47. The summed E-state index contributed by atoms with van der Waals surface area (Å²) < 4.78 is 1.86. The van der Waals surface area contributed by atoms with E-state index in [4.69, 9.17) is 0 Å².